The minimum absolute atomic E-state index is 0.186. The second kappa shape index (κ2) is 8.20. The fraction of sp³-hybridized carbons (Fsp3) is 0.500. The third-order valence-electron chi connectivity index (χ3n) is 6.18. The van der Waals surface area contributed by atoms with Crippen LogP contribution in [-0.4, -0.2) is 18.3 Å². The smallest absolute Gasteiger partial charge is 0.403 e. The van der Waals surface area contributed by atoms with Crippen LogP contribution in [0.3, 0.4) is 0 Å². The van der Waals surface area contributed by atoms with Crippen molar-refractivity contribution in [1.29, 1.82) is 0 Å². The molecule has 0 aromatic heterocycles. The van der Waals surface area contributed by atoms with Crippen molar-refractivity contribution in [3.63, 3.8) is 0 Å². The van der Waals surface area contributed by atoms with Gasteiger partial charge in [0.1, 0.15) is 0 Å². The normalized spacial score (nSPS) is 19.2. The van der Waals surface area contributed by atoms with Crippen molar-refractivity contribution in [2.24, 2.45) is 0 Å². The Kier molecular flexibility index (Phi) is 6.13. The second-order valence-electron chi connectivity index (χ2n) is 8.87. The molecule has 2 aromatic rings. The molecule has 3 heteroatoms. The molecule has 0 amide bonds. The summed E-state index contributed by atoms with van der Waals surface area (Å²) in [6, 6.07) is 19.6. The first-order chi connectivity index (χ1) is 12.8. The summed E-state index contributed by atoms with van der Waals surface area (Å²) in [6.07, 6.45) is 4.56. The molecule has 0 N–H and O–H groups in total. The maximum Gasteiger partial charge on any atom is 0.465 e. The fourth-order valence-electron chi connectivity index (χ4n) is 3.66. The molecule has 3 rings (SSSR count). The Labute approximate surface area is 165 Å². The van der Waals surface area contributed by atoms with Crippen LogP contribution < -0.4 is 0 Å². The number of hydrogen-bond donors (Lipinski definition) is 0. The van der Waals surface area contributed by atoms with E-state index in [0.717, 1.165) is 19.3 Å². The monoisotopic (exact) mass is 364 g/mol. The molecule has 1 fully saturated rings. The lowest BCUT2D eigenvalue weighted by Crippen LogP contribution is -2.41. The van der Waals surface area contributed by atoms with Crippen LogP contribution >= 0.6 is 0 Å². The molecule has 2 nitrogen and oxygen atoms in total. The van der Waals surface area contributed by atoms with Crippen LogP contribution in [0.15, 0.2) is 54.6 Å². The molecule has 1 aliphatic rings. The third-order valence-corrected chi connectivity index (χ3v) is 6.18. The predicted octanol–water partition coefficient (Wildman–Crippen LogP) is 6.12. The van der Waals surface area contributed by atoms with E-state index in [9.17, 15) is 0 Å². The standard InChI is InChI=1S/C24H33BO2/c1-19-15-17-21(18-16-19)22(25-26-23(2,3)24(4,5)27-25)14-10-9-13-20-11-7-6-8-12-20/h6-8,11-12,15-18,22H,9-10,13-14H2,1-5H3. The topological polar surface area (TPSA) is 18.5 Å². The number of aryl methyl sites for hydroxylation is 2. The van der Waals surface area contributed by atoms with Crippen LogP contribution in [0.5, 0.6) is 0 Å². The molecule has 0 aliphatic carbocycles. The predicted molar refractivity (Wildman–Crippen MR) is 114 cm³/mol. The highest BCUT2D eigenvalue weighted by atomic mass is 16.7. The van der Waals surface area contributed by atoms with Gasteiger partial charge in [0.15, 0.2) is 0 Å². The molecule has 2 aromatic carbocycles. The summed E-state index contributed by atoms with van der Waals surface area (Å²) in [4.78, 5) is 0. The molecule has 1 aliphatic heterocycles. The molecule has 0 spiro atoms. The lowest BCUT2D eigenvalue weighted by Gasteiger charge is -2.32. The maximum atomic E-state index is 6.40. The van der Waals surface area contributed by atoms with E-state index in [4.69, 9.17) is 9.31 Å². The van der Waals surface area contributed by atoms with Gasteiger partial charge in [-0.3, -0.25) is 0 Å². The van der Waals surface area contributed by atoms with Crippen molar-refractivity contribution in [1.82, 2.24) is 0 Å². The summed E-state index contributed by atoms with van der Waals surface area (Å²) >= 11 is 0. The molecule has 0 bridgehead atoms. The van der Waals surface area contributed by atoms with Crippen molar-refractivity contribution in [3.8, 4) is 0 Å². The van der Waals surface area contributed by atoms with Gasteiger partial charge >= 0.3 is 7.12 Å². The Morgan fingerprint density at radius 3 is 2.00 bits per heavy atom. The summed E-state index contributed by atoms with van der Waals surface area (Å²) in [5.41, 5.74) is 3.45. The van der Waals surface area contributed by atoms with Crippen molar-refractivity contribution >= 4 is 7.12 Å². The lowest BCUT2D eigenvalue weighted by atomic mass is 9.65. The summed E-state index contributed by atoms with van der Waals surface area (Å²) in [6.45, 7) is 10.7. The number of hydrogen-bond acceptors (Lipinski definition) is 2. The van der Waals surface area contributed by atoms with Gasteiger partial charge in [-0.15, -0.1) is 0 Å². The Morgan fingerprint density at radius 2 is 1.41 bits per heavy atom. The summed E-state index contributed by atoms with van der Waals surface area (Å²) in [5.74, 6) is 0.266. The largest absolute Gasteiger partial charge is 0.465 e. The summed E-state index contributed by atoms with van der Waals surface area (Å²) < 4.78 is 12.8. The summed E-state index contributed by atoms with van der Waals surface area (Å²) in [7, 11) is -0.186. The maximum absolute atomic E-state index is 6.40. The minimum atomic E-state index is -0.287. The van der Waals surface area contributed by atoms with Gasteiger partial charge in [-0.25, -0.2) is 0 Å². The third kappa shape index (κ3) is 4.83. The van der Waals surface area contributed by atoms with Crippen LogP contribution in [0.4, 0.5) is 0 Å². The van der Waals surface area contributed by atoms with Gasteiger partial charge in [0, 0.05) is 5.82 Å². The van der Waals surface area contributed by atoms with Crippen molar-refractivity contribution in [3.05, 3.63) is 71.3 Å². The van der Waals surface area contributed by atoms with Crippen molar-refractivity contribution in [2.45, 2.75) is 77.3 Å². The van der Waals surface area contributed by atoms with E-state index < -0.39 is 0 Å². The molecule has 1 saturated heterocycles. The lowest BCUT2D eigenvalue weighted by molar-refractivity contribution is 0.00578. The van der Waals surface area contributed by atoms with Crippen LogP contribution in [0, 0.1) is 6.92 Å². The molecule has 1 atom stereocenters. The van der Waals surface area contributed by atoms with Crippen molar-refractivity contribution < 1.29 is 9.31 Å². The van der Waals surface area contributed by atoms with Gasteiger partial charge in [0.25, 0.3) is 0 Å². The average molecular weight is 364 g/mol. The Balaban J connectivity index is 1.68. The van der Waals surface area contributed by atoms with E-state index in [1.807, 2.05) is 0 Å². The zero-order valence-corrected chi connectivity index (χ0v) is 17.5. The number of benzene rings is 2. The highest BCUT2D eigenvalue weighted by Gasteiger charge is 2.53. The number of unbranched alkanes of at least 4 members (excludes halogenated alkanes) is 1. The van der Waals surface area contributed by atoms with Gasteiger partial charge in [0.05, 0.1) is 11.2 Å². The van der Waals surface area contributed by atoms with Crippen LogP contribution in [0.25, 0.3) is 0 Å². The SMILES string of the molecule is Cc1ccc(C(CCCCc2ccccc2)B2OC(C)(C)C(C)(C)O2)cc1. The van der Waals surface area contributed by atoms with Gasteiger partial charge in [0.2, 0.25) is 0 Å². The van der Waals surface area contributed by atoms with E-state index in [2.05, 4.69) is 89.2 Å². The molecule has 144 valence electrons. The van der Waals surface area contributed by atoms with Crippen LogP contribution in [-0.2, 0) is 15.7 Å². The van der Waals surface area contributed by atoms with E-state index >= 15 is 0 Å². The molecule has 1 unspecified atom stereocenters. The van der Waals surface area contributed by atoms with Crippen LogP contribution in [0.2, 0.25) is 0 Å². The van der Waals surface area contributed by atoms with Gasteiger partial charge in [-0.2, -0.15) is 0 Å². The summed E-state index contributed by atoms with van der Waals surface area (Å²) in [5, 5.41) is 0. The second-order valence-corrected chi connectivity index (χ2v) is 8.87. The van der Waals surface area contributed by atoms with Gasteiger partial charge in [-0.05, 0) is 65.0 Å². The van der Waals surface area contributed by atoms with E-state index in [1.165, 1.54) is 23.1 Å². The molecule has 0 saturated carbocycles. The molecule has 0 radical (unpaired) electrons. The fourth-order valence-corrected chi connectivity index (χ4v) is 3.66. The zero-order valence-electron chi connectivity index (χ0n) is 17.5. The zero-order chi connectivity index (χ0) is 19.5. The minimum Gasteiger partial charge on any atom is -0.403 e. The quantitative estimate of drug-likeness (QED) is 0.435. The first-order valence-corrected chi connectivity index (χ1v) is 10.2. The number of rotatable bonds is 7. The Hall–Kier alpha value is -1.58. The van der Waals surface area contributed by atoms with E-state index in [1.54, 1.807) is 0 Å². The van der Waals surface area contributed by atoms with Crippen molar-refractivity contribution in [2.75, 3.05) is 0 Å². The average Bonchev–Trinajstić information content (AvgIpc) is 2.84. The molecule has 1 heterocycles. The first-order valence-electron chi connectivity index (χ1n) is 10.2. The highest BCUT2D eigenvalue weighted by molar-refractivity contribution is 6.47. The molecular formula is C24H33BO2. The van der Waals surface area contributed by atoms with E-state index in [-0.39, 0.29) is 24.1 Å². The van der Waals surface area contributed by atoms with Gasteiger partial charge < -0.3 is 9.31 Å². The molecular weight excluding hydrogens is 331 g/mol. The Bertz CT molecular complexity index is 706. The first kappa shape index (κ1) is 20.2. The van der Waals surface area contributed by atoms with E-state index in [0.29, 0.717) is 0 Å². The molecule has 27 heavy (non-hydrogen) atoms. The Morgan fingerprint density at radius 1 is 0.815 bits per heavy atom. The van der Waals surface area contributed by atoms with Gasteiger partial charge in [-0.1, -0.05) is 66.6 Å². The highest BCUT2D eigenvalue weighted by Crippen LogP contribution is 2.42. The van der Waals surface area contributed by atoms with Crippen LogP contribution in [0.1, 0.15) is 69.5 Å².